The average molecular weight is 298 g/mol. The summed E-state index contributed by atoms with van der Waals surface area (Å²) in [6.45, 7) is 8.85. The first kappa shape index (κ1) is 18.4. The van der Waals surface area contributed by atoms with E-state index in [1.165, 1.54) is 19.3 Å². The van der Waals surface area contributed by atoms with Crippen molar-refractivity contribution in [1.29, 1.82) is 0 Å². The molecule has 22 heavy (non-hydrogen) atoms. The molecule has 0 aliphatic heterocycles. The Morgan fingerprint density at radius 2 is 1.77 bits per heavy atom. The number of benzene rings is 1. The third-order valence-corrected chi connectivity index (χ3v) is 3.81. The Labute approximate surface area is 136 Å². The van der Waals surface area contributed by atoms with Gasteiger partial charge in [-0.2, -0.15) is 0 Å². The van der Waals surface area contributed by atoms with E-state index in [-0.39, 0.29) is 5.78 Å². The number of ketones is 1. The van der Waals surface area contributed by atoms with Crippen molar-refractivity contribution in [1.82, 2.24) is 0 Å². The summed E-state index contributed by atoms with van der Waals surface area (Å²) in [7, 11) is 0. The van der Waals surface area contributed by atoms with Crippen LogP contribution in [0.3, 0.4) is 0 Å². The van der Waals surface area contributed by atoms with Gasteiger partial charge in [0, 0.05) is 5.56 Å². The van der Waals surface area contributed by atoms with Crippen LogP contribution in [-0.2, 0) is 0 Å². The molecule has 1 rings (SSSR count). The lowest BCUT2D eigenvalue weighted by molar-refractivity contribution is 0.104. The van der Waals surface area contributed by atoms with Gasteiger partial charge in [0.2, 0.25) is 0 Å². The molecule has 1 unspecified atom stereocenters. The number of hydrogen-bond acceptors (Lipinski definition) is 1. The quantitative estimate of drug-likeness (QED) is 0.300. The van der Waals surface area contributed by atoms with Gasteiger partial charge in [-0.15, -0.1) is 0 Å². The Kier molecular flexibility index (Phi) is 8.50. The number of carbonyl (C=O) groups excluding carboxylic acids is 1. The third kappa shape index (κ3) is 7.97. The molecular formula is C21H30O. The van der Waals surface area contributed by atoms with Crippen LogP contribution in [0.25, 0.3) is 0 Å². The minimum atomic E-state index is 0.0766. The molecule has 1 nitrogen and oxygen atoms in total. The fourth-order valence-electron chi connectivity index (χ4n) is 2.42. The third-order valence-electron chi connectivity index (χ3n) is 3.81. The topological polar surface area (TPSA) is 17.1 Å². The maximum atomic E-state index is 12.0. The minimum Gasteiger partial charge on any atom is -0.289 e. The van der Waals surface area contributed by atoms with Gasteiger partial charge in [-0.1, -0.05) is 82.5 Å². The fraction of sp³-hybridized carbons (Fsp3) is 0.476. The van der Waals surface area contributed by atoms with Gasteiger partial charge in [0.1, 0.15) is 0 Å². The zero-order chi connectivity index (χ0) is 16.4. The summed E-state index contributed by atoms with van der Waals surface area (Å²) in [5.41, 5.74) is 1.76. The zero-order valence-electron chi connectivity index (χ0n) is 14.5. The van der Waals surface area contributed by atoms with E-state index in [9.17, 15) is 4.79 Å². The standard InChI is InChI=1S/C21H30O/c1-17(2)10-8-11-18(3)12-9-13-19(4)16-21(22)20-14-6-5-7-15-20/h5-7,9,13-18H,8,10-12H2,1-4H3/b13-9+,19-16+. The van der Waals surface area contributed by atoms with Gasteiger partial charge in [0.25, 0.3) is 0 Å². The monoisotopic (exact) mass is 298 g/mol. The van der Waals surface area contributed by atoms with Gasteiger partial charge >= 0.3 is 0 Å². The van der Waals surface area contributed by atoms with Crippen LogP contribution in [0.4, 0.5) is 0 Å². The van der Waals surface area contributed by atoms with Crippen molar-refractivity contribution < 1.29 is 4.79 Å². The van der Waals surface area contributed by atoms with Crippen LogP contribution in [0.2, 0.25) is 0 Å². The molecule has 0 bridgehead atoms. The average Bonchev–Trinajstić information content (AvgIpc) is 2.47. The summed E-state index contributed by atoms with van der Waals surface area (Å²) in [6, 6.07) is 9.42. The van der Waals surface area contributed by atoms with E-state index in [1.54, 1.807) is 6.08 Å². The van der Waals surface area contributed by atoms with Gasteiger partial charge in [-0.05, 0) is 36.8 Å². The number of carbonyl (C=O) groups is 1. The SMILES string of the molecule is CC(/C=C/CC(C)CCCC(C)C)=C\C(=O)c1ccccc1. The number of hydrogen-bond donors (Lipinski definition) is 0. The normalized spacial score (nSPS) is 13.8. The highest BCUT2D eigenvalue weighted by atomic mass is 16.1. The van der Waals surface area contributed by atoms with E-state index < -0.39 is 0 Å². The highest BCUT2D eigenvalue weighted by molar-refractivity contribution is 6.05. The molecule has 120 valence electrons. The molecule has 0 fully saturated rings. The van der Waals surface area contributed by atoms with Crippen molar-refractivity contribution in [2.24, 2.45) is 11.8 Å². The van der Waals surface area contributed by atoms with Crippen molar-refractivity contribution in [3.63, 3.8) is 0 Å². The van der Waals surface area contributed by atoms with Crippen molar-refractivity contribution >= 4 is 5.78 Å². The zero-order valence-corrected chi connectivity index (χ0v) is 14.5. The summed E-state index contributed by atoms with van der Waals surface area (Å²) in [6.07, 6.45) is 11.0. The minimum absolute atomic E-state index is 0.0766. The highest BCUT2D eigenvalue weighted by Crippen LogP contribution is 2.16. The van der Waals surface area contributed by atoms with Gasteiger partial charge in [0.15, 0.2) is 5.78 Å². The van der Waals surface area contributed by atoms with E-state index in [2.05, 4.69) is 32.9 Å². The smallest absolute Gasteiger partial charge is 0.186 e. The maximum absolute atomic E-state index is 12.0. The van der Waals surface area contributed by atoms with Crippen molar-refractivity contribution in [2.45, 2.75) is 53.4 Å². The van der Waals surface area contributed by atoms with E-state index in [0.29, 0.717) is 5.92 Å². The molecule has 0 saturated carbocycles. The van der Waals surface area contributed by atoms with Crippen LogP contribution in [0, 0.1) is 11.8 Å². The first-order valence-electron chi connectivity index (χ1n) is 8.43. The second-order valence-electron chi connectivity index (χ2n) is 6.69. The molecule has 1 heteroatoms. The summed E-state index contributed by atoms with van der Waals surface area (Å²) in [5, 5.41) is 0. The molecule has 0 saturated heterocycles. The molecule has 0 heterocycles. The molecule has 0 aliphatic carbocycles. The predicted octanol–water partition coefficient (Wildman–Crippen LogP) is 6.22. The van der Waals surface area contributed by atoms with E-state index in [4.69, 9.17) is 0 Å². The van der Waals surface area contributed by atoms with Crippen molar-refractivity contribution in [3.8, 4) is 0 Å². The second kappa shape index (κ2) is 10.2. The van der Waals surface area contributed by atoms with Gasteiger partial charge < -0.3 is 0 Å². The molecular weight excluding hydrogens is 268 g/mol. The second-order valence-corrected chi connectivity index (χ2v) is 6.69. The first-order valence-corrected chi connectivity index (χ1v) is 8.43. The Hall–Kier alpha value is -1.63. The van der Waals surface area contributed by atoms with Gasteiger partial charge in [-0.3, -0.25) is 4.79 Å². The van der Waals surface area contributed by atoms with Crippen molar-refractivity contribution in [3.05, 3.63) is 59.7 Å². The molecule has 0 spiro atoms. The highest BCUT2D eigenvalue weighted by Gasteiger charge is 2.02. The maximum Gasteiger partial charge on any atom is 0.186 e. The van der Waals surface area contributed by atoms with E-state index in [0.717, 1.165) is 23.5 Å². The van der Waals surface area contributed by atoms with Crippen LogP contribution < -0.4 is 0 Å². The largest absolute Gasteiger partial charge is 0.289 e. The van der Waals surface area contributed by atoms with E-state index >= 15 is 0 Å². The lowest BCUT2D eigenvalue weighted by atomic mass is 9.97. The fourth-order valence-corrected chi connectivity index (χ4v) is 2.42. The first-order chi connectivity index (χ1) is 10.5. The van der Waals surface area contributed by atoms with Crippen LogP contribution in [0.5, 0.6) is 0 Å². The Bertz CT molecular complexity index is 494. The van der Waals surface area contributed by atoms with Crippen molar-refractivity contribution in [2.75, 3.05) is 0 Å². The van der Waals surface area contributed by atoms with Crippen LogP contribution in [0.1, 0.15) is 63.7 Å². The molecule has 0 N–H and O–H groups in total. The van der Waals surface area contributed by atoms with Crippen LogP contribution in [0.15, 0.2) is 54.1 Å². The van der Waals surface area contributed by atoms with Crippen LogP contribution in [-0.4, -0.2) is 5.78 Å². The Morgan fingerprint density at radius 1 is 1.09 bits per heavy atom. The molecule has 1 atom stereocenters. The lowest BCUT2D eigenvalue weighted by Crippen LogP contribution is -1.96. The molecule has 0 radical (unpaired) electrons. The summed E-state index contributed by atoms with van der Waals surface area (Å²) >= 11 is 0. The Balaban J connectivity index is 2.38. The summed E-state index contributed by atoms with van der Waals surface area (Å²) < 4.78 is 0. The van der Waals surface area contributed by atoms with E-state index in [1.807, 2.05) is 37.3 Å². The summed E-state index contributed by atoms with van der Waals surface area (Å²) in [4.78, 5) is 12.0. The molecule has 0 aromatic heterocycles. The predicted molar refractivity (Wildman–Crippen MR) is 96.1 cm³/mol. The number of allylic oxidation sites excluding steroid dienone is 4. The molecule has 1 aromatic carbocycles. The summed E-state index contributed by atoms with van der Waals surface area (Å²) in [5.74, 6) is 1.59. The van der Waals surface area contributed by atoms with Crippen LogP contribution >= 0.6 is 0 Å². The molecule has 0 aliphatic rings. The van der Waals surface area contributed by atoms with Gasteiger partial charge in [0.05, 0.1) is 0 Å². The van der Waals surface area contributed by atoms with Gasteiger partial charge in [-0.25, -0.2) is 0 Å². The Morgan fingerprint density at radius 3 is 2.41 bits per heavy atom. The molecule has 0 amide bonds. The number of rotatable bonds is 9. The molecule has 1 aromatic rings. The lowest BCUT2D eigenvalue weighted by Gasteiger charge is -2.09.